The van der Waals surface area contributed by atoms with Crippen LogP contribution in [0.25, 0.3) is 0 Å². The summed E-state index contributed by atoms with van der Waals surface area (Å²) in [6.45, 7) is 12.0. The van der Waals surface area contributed by atoms with Gasteiger partial charge < -0.3 is 10.1 Å². The van der Waals surface area contributed by atoms with Crippen molar-refractivity contribution < 1.29 is 9.53 Å². The topological polar surface area (TPSA) is 38.3 Å². The smallest absolute Gasteiger partial charge is 0.407 e. The van der Waals surface area contributed by atoms with Crippen LogP contribution in [0.15, 0.2) is 0 Å². The van der Waals surface area contributed by atoms with Crippen molar-refractivity contribution in [1.29, 1.82) is 0 Å². The highest BCUT2D eigenvalue weighted by Crippen LogP contribution is 2.05. The van der Waals surface area contributed by atoms with Gasteiger partial charge in [-0.15, -0.1) is 0 Å². The van der Waals surface area contributed by atoms with Gasteiger partial charge in [-0.25, -0.2) is 4.79 Å². The van der Waals surface area contributed by atoms with Gasteiger partial charge >= 0.3 is 6.09 Å². The maximum atomic E-state index is 10.5. The van der Waals surface area contributed by atoms with E-state index in [1.165, 1.54) is 7.05 Å². The summed E-state index contributed by atoms with van der Waals surface area (Å²) in [7, 11) is 1.54. The summed E-state index contributed by atoms with van der Waals surface area (Å²) in [6, 6.07) is 0. The molecule has 0 radical (unpaired) electrons. The molecule has 0 aliphatic heterocycles. The van der Waals surface area contributed by atoms with E-state index in [1.807, 2.05) is 20.8 Å². The summed E-state index contributed by atoms with van der Waals surface area (Å²) in [5, 5.41) is 2.36. The van der Waals surface area contributed by atoms with E-state index in [2.05, 4.69) is 26.1 Å². The number of amides is 1. The van der Waals surface area contributed by atoms with Gasteiger partial charge in [-0.2, -0.15) is 0 Å². The minimum Gasteiger partial charge on any atom is -0.444 e. The van der Waals surface area contributed by atoms with Gasteiger partial charge in [-0.3, -0.25) is 0 Å². The normalized spacial score (nSPS) is 10.2. The van der Waals surface area contributed by atoms with Crippen molar-refractivity contribution in [3.8, 4) is 0 Å². The monoisotopic (exact) mass is 189 g/mol. The van der Waals surface area contributed by atoms with Crippen molar-refractivity contribution in [2.75, 3.05) is 7.05 Å². The summed E-state index contributed by atoms with van der Waals surface area (Å²) in [5.74, 6) is 0.833. The van der Waals surface area contributed by atoms with E-state index >= 15 is 0 Å². The fourth-order valence-corrected chi connectivity index (χ4v) is 0.329. The van der Waals surface area contributed by atoms with Crippen molar-refractivity contribution in [2.24, 2.45) is 5.92 Å². The molecule has 0 rings (SSSR count). The molecule has 0 aliphatic carbocycles. The molecule has 3 nitrogen and oxygen atoms in total. The zero-order valence-electron chi connectivity index (χ0n) is 9.89. The largest absolute Gasteiger partial charge is 0.444 e. The average molecular weight is 189 g/mol. The highest BCUT2D eigenvalue weighted by atomic mass is 16.6. The Labute approximate surface area is 81.9 Å². The predicted octanol–water partition coefficient (Wildman–Crippen LogP) is 2.80. The quantitative estimate of drug-likeness (QED) is 0.636. The van der Waals surface area contributed by atoms with Crippen LogP contribution in [0.3, 0.4) is 0 Å². The van der Waals surface area contributed by atoms with E-state index in [4.69, 9.17) is 4.74 Å². The van der Waals surface area contributed by atoms with Crippen LogP contribution in [0.1, 0.15) is 41.5 Å². The molecule has 13 heavy (non-hydrogen) atoms. The first-order valence-electron chi connectivity index (χ1n) is 4.59. The first kappa shape index (κ1) is 14.8. The van der Waals surface area contributed by atoms with Gasteiger partial charge in [0.2, 0.25) is 0 Å². The predicted molar refractivity (Wildman–Crippen MR) is 55.8 cm³/mol. The Morgan fingerprint density at radius 2 is 1.54 bits per heavy atom. The van der Waals surface area contributed by atoms with Crippen LogP contribution >= 0.6 is 0 Å². The molecule has 0 fully saturated rings. The fraction of sp³-hybridized carbons (Fsp3) is 0.900. The molecule has 0 atom stereocenters. The molecular weight excluding hydrogens is 166 g/mol. The summed E-state index contributed by atoms with van der Waals surface area (Å²) < 4.78 is 4.84. The Hall–Kier alpha value is -0.730. The molecule has 80 valence electrons. The van der Waals surface area contributed by atoms with Gasteiger partial charge in [-0.05, 0) is 26.7 Å². The summed E-state index contributed by atoms with van der Waals surface area (Å²) >= 11 is 0. The lowest BCUT2D eigenvalue weighted by atomic mass is 10.2. The lowest BCUT2D eigenvalue weighted by Gasteiger charge is -2.18. The zero-order valence-corrected chi connectivity index (χ0v) is 9.89. The highest BCUT2D eigenvalue weighted by Gasteiger charge is 2.13. The first-order valence-corrected chi connectivity index (χ1v) is 4.59. The number of hydrogen-bond acceptors (Lipinski definition) is 2. The molecule has 0 aliphatic rings. The molecule has 1 amide bonds. The van der Waals surface area contributed by atoms with Crippen molar-refractivity contribution in [3.63, 3.8) is 0 Å². The highest BCUT2D eigenvalue weighted by molar-refractivity contribution is 5.67. The summed E-state index contributed by atoms with van der Waals surface area (Å²) in [5.41, 5.74) is -0.389. The Kier molecular flexibility index (Phi) is 7.67. The molecule has 3 heteroatoms. The second kappa shape index (κ2) is 6.75. The SMILES string of the molecule is CC(C)C.CNC(=O)OC(C)(C)C. The number of hydrogen-bond donors (Lipinski definition) is 1. The average Bonchev–Trinajstić information content (AvgIpc) is 1.82. The lowest BCUT2D eigenvalue weighted by molar-refractivity contribution is 0.0541. The van der Waals surface area contributed by atoms with E-state index in [9.17, 15) is 4.79 Å². The molecular formula is C10H23NO2. The van der Waals surface area contributed by atoms with Crippen LogP contribution in [-0.2, 0) is 4.74 Å². The molecule has 0 aromatic heterocycles. The van der Waals surface area contributed by atoms with Gasteiger partial charge in [0.15, 0.2) is 0 Å². The third-order valence-electron chi connectivity index (χ3n) is 0.603. The standard InChI is InChI=1S/C6H13NO2.C4H10/c1-6(2,3)9-5(8)7-4;1-4(2)3/h1-4H3,(H,7,8);4H,1-3H3. The van der Waals surface area contributed by atoms with Gasteiger partial charge in [0.25, 0.3) is 0 Å². The Morgan fingerprint density at radius 1 is 1.23 bits per heavy atom. The number of carbonyl (C=O) groups excluding carboxylic acids is 1. The van der Waals surface area contributed by atoms with Crippen LogP contribution in [-0.4, -0.2) is 18.7 Å². The molecule has 0 heterocycles. The van der Waals surface area contributed by atoms with Crippen molar-refractivity contribution in [1.82, 2.24) is 5.32 Å². The van der Waals surface area contributed by atoms with Gasteiger partial charge in [-0.1, -0.05) is 20.8 Å². The summed E-state index contributed by atoms with van der Waals surface area (Å²) in [4.78, 5) is 10.5. The second-order valence-corrected chi connectivity index (χ2v) is 4.48. The molecule has 0 unspecified atom stereocenters. The van der Waals surface area contributed by atoms with Crippen LogP contribution < -0.4 is 5.32 Å². The van der Waals surface area contributed by atoms with E-state index in [1.54, 1.807) is 0 Å². The number of nitrogens with one attached hydrogen (secondary N) is 1. The van der Waals surface area contributed by atoms with E-state index in [0.29, 0.717) is 0 Å². The maximum Gasteiger partial charge on any atom is 0.407 e. The van der Waals surface area contributed by atoms with Crippen molar-refractivity contribution in [2.45, 2.75) is 47.1 Å². The number of alkyl carbamates (subject to hydrolysis) is 1. The molecule has 0 bridgehead atoms. The lowest BCUT2D eigenvalue weighted by Crippen LogP contribution is -2.30. The molecule has 0 spiro atoms. The third kappa shape index (κ3) is 24.6. The fourth-order valence-electron chi connectivity index (χ4n) is 0.329. The van der Waals surface area contributed by atoms with E-state index in [0.717, 1.165) is 5.92 Å². The minimum absolute atomic E-state index is 0.387. The molecule has 0 aromatic carbocycles. The van der Waals surface area contributed by atoms with Gasteiger partial charge in [0.05, 0.1) is 0 Å². The van der Waals surface area contributed by atoms with Crippen LogP contribution in [0.2, 0.25) is 0 Å². The second-order valence-electron chi connectivity index (χ2n) is 4.48. The van der Waals surface area contributed by atoms with Crippen LogP contribution in [0.5, 0.6) is 0 Å². The molecule has 1 N–H and O–H groups in total. The maximum absolute atomic E-state index is 10.5. The Morgan fingerprint density at radius 3 is 1.62 bits per heavy atom. The summed E-state index contributed by atoms with van der Waals surface area (Å²) in [6.07, 6.45) is -0.387. The molecule has 0 aromatic rings. The van der Waals surface area contributed by atoms with Gasteiger partial charge in [0.1, 0.15) is 5.60 Å². The van der Waals surface area contributed by atoms with Crippen LogP contribution in [0.4, 0.5) is 4.79 Å². The minimum atomic E-state index is -0.389. The van der Waals surface area contributed by atoms with Crippen molar-refractivity contribution >= 4 is 6.09 Å². The van der Waals surface area contributed by atoms with E-state index in [-0.39, 0.29) is 11.7 Å². The first-order chi connectivity index (χ1) is 5.69. The number of ether oxygens (including phenoxy) is 1. The number of rotatable bonds is 0. The zero-order chi connectivity index (χ0) is 11.1. The Bertz CT molecular complexity index is 134. The van der Waals surface area contributed by atoms with Crippen LogP contribution in [0, 0.1) is 5.92 Å². The molecule has 0 saturated carbocycles. The van der Waals surface area contributed by atoms with Gasteiger partial charge in [0, 0.05) is 7.05 Å². The number of carbonyl (C=O) groups is 1. The molecule has 0 saturated heterocycles. The van der Waals surface area contributed by atoms with Crippen molar-refractivity contribution in [3.05, 3.63) is 0 Å². The Balaban J connectivity index is 0. The van der Waals surface area contributed by atoms with E-state index < -0.39 is 0 Å². The third-order valence-corrected chi connectivity index (χ3v) is 0.603.